The van der Waals surface area contributed by atoms with E-state index < -0.39 is 11.7 Å². The van der Waals surface area contributed by atoms with E-state index in [-0.39, 0.29) is 35.6 Å². The number of rotatable bonds is 5. The molecule has 1 saturated heterocycles. The smallest absolute Gasteiger partial charge is 0.406 e. The molecule has 1 aromatic heterocycles. The predicted octanol–water partition coefficient (Wildman–Crippen LogP) is 5.07. The van der Waals surface area contributed by atoms with E-state index in [9.17, 15) is 14.0 Å². The van der Waals surface area contributed by atoms with Crippen LogP contribution in [0.3, 0.4) is 0 Å². The molecule has 5 rings (SSSR count). The Hall–Kier alpha value is -3.59. The number of halogens is 1. The number of nitrogens with one attached hydrogen (secondary N) is 1. The number of fused-ring (bicyclic) bond motifs is 2. The van der Waals surface area contributed by atoms with Gasteiger partial charge in [0.25, 0.3) is 5.91 Å². The molecule has 2 amide bonds. The highest BCUT2D eigenvalue weighted by molar-refractivity contribution is 5.94. The molecule has 2 heterocycles. The summed E-state index contributed by atoms with van der Waals surface area (Å²) in [5, 5.41) is 0. The maximum Gasteiger partial charge on any atom is 0.596 e. The standard InChI is InChI=1S/C30H35FN4O4/c1-5-34(28(36)27-32-25-8-6-7-9-26(25)33-27)22-15-23(18-38-17-22)35(29(37)39-30(2,3)4)16-20-11-10-19-14-21(31)12-13-24(19)20/h6-9,12-14,16,20,22-23H,5,10-11,15,17-18H2,1-4H3/p+1/b35-16-/t20?,22?,23-/m1/s1. The Balaban J connectivity index is 1.41. The summed E-state index contributed by atoms with van der Waals surface area (Å²) in [6, 6.07) is 11.8. The minimum Gasteiger partial charge on any atom is -0.406 e. The van der Waals surface area contributed by atoms with Crippen LogP contribution in [0.5, 0.6) is 0 Å². The van der Waals surface area contributed by atoms with Crippen LogP contribution in [0.2, 0.25) is 0 Å². The molecular formula is C30H36FN4O4+. The number of carbonyl (C=O) groups excluding carboxylic acids is 2. The number of aromatic amines is 1. The third-order valence-corrected chi connectivity index (χ3v) is 7.37. The van der Waals surface area contributed by atoms with Gasteiger partial charge in [0.15, 0.2) is 18.1 Å². The number of amides is 2. The SMILES string of the molecule is CCN(C(=O)c1nc2ccccc2[nH]1)C1COC[C@H](/[N+](=C/C2CCc3cc(F)ccc32)C(=O)OC(C)(C)C)C1. The van der Waals surface area contributed by atoms with Crippen molar-refractivity contribution in [3.05, 3.63) is 65.2 Å². The Morgan fingerprint density at radius 1 is 1.23 bits per heavy atom. The van der Waals surface area contributed by atoms with E-state index in [0.29, 0.717) is 26.2 Å². The third-order valence-electron chi connectivity index (χ3n) is 7.37. The maximum atomic E-state index is 13.8. The second-order valence-electron chi connectivity index (χ2n) is 11.3. The van der Waals surface area contributed by atoms with Crippen molar-refractivity contribution in [2.45, 2.75) is 70.6 Å². The number of nitrogens with zero attached hydrogens (tertiary/aromatic N) is 3. The molecule has 3 atom stereocenters. The van der Waals surface area contributed by atoms with Crippen LogP contribution in [-0.4, -0.2) is 75.1 Å². The number of para-hydroxylation sites is 2. The Labute approximate surface area is 227 Å². The van der Waals surface area contributed by atoms with Crippen LogP contribution in [0.1, 0.15) is 68.2 Å². The molecule has 0 bridgehead atoms. The molecule has 2 aliphatic rings. The average molecular weight is 536 g/mol. The molecule has 2 unspecified atom stereocenters. The Morgan fingerprint density at radius 2 is 2.03 bits per heavy atom. The van der Waals surface area contributed by atoms with Crippen molar-refractivity contribution < 1.29 is 28.0 Å². The summed E-state index contributed by atoms with van der Waals surface area (Å²) < 4.78 is 27.2. The fraction of sp³-hybridized carbons (Fsp3) is 0.467. The Bertz CT molecular complexity index is 1380. The van der Waals surface area contributed by atoms with Gasteiger partial charge in [0.05, 0.1) is 29.6 Å². The van der Waals surface area contributed by atoms with Gasteiger partial charge in [-0.1, -0.05) is 18.2 Å². The maximum absolute atomic E-state index is 13.8. The molecule has 0 saturated carbocycles. The van der Waals surface area contributed by atoms with E-state index in [2.05, 4.69) is 9.97 Å². The Morgan fingerprint density at radius 3 is 2.77 bits per heavy atom. The molecule has 1 aliphatic carbocycles. The van der Waals surface area contributed by atoms with E-state index in [0.717, 1.165) is 35.0 Å². The summed E-state index contributed by atoms with van der Waals surface area (Å²) in [7, 11) is 0. The van der Waals surface area contributed by atoms with Crippen LogP contribution in [-0.2, 0) is 15.9 Å². The first kappa shape index (κ1) is 27.0. The zero-order valence-corrected chi connectivity index (χ0v) is 22.9. The number of ether oxygens (including phenoxy) is 2. The molecule has 8 nitrogen and oxygen atoms in total. The minimum atomic E-state index is -0.679. The molecule has 1 fully saturated rings. The molecule has 2 aromatic carbocycles. The van der Waals surface area contributed by atoms with E-state index in [4.69, 9.17) is 9.47 Å². The molecule has 0 radical (unpaired) electrons. The molecule has 0 spiro atoms. The normalized spacial score (nSPS) is 21.6. The number of hydrogen-bond acceptors (Lipinski definition) is 5. The highest BCUT2D eigenvalue weighted by atomic mass is 19.1. The minimum absolute atomic E-state index is 0.0482. The number of aromatic nitrogens is 2. The Kier molecular flexibility index (Phi) is 7.53. The molecule has 1 aliphatic heterocycles. The van der Waals surface area contributed by atoms with E-state index in [1.807, 2.05) is 58.2 Å². The zero-order chi connectivity index (χ0) is 27.7. The molecule has 9 heteroatoms. The second kappa shape index (κ2) is 10.9. The molecule has 39 heavy (non-hydrogen) atoms. The van der Waals surface area contributed by atoms with Gasteiger partial charge in [-0.3, -0.25) is 4.79 Å². The highest BCUT2D eigenvalue weighted by Crippen LogP contribution is 2.33. The van der Waals surface area contributed by atoms with Crippen LogP contribution in [0, 0.1) is 5.82 Å². The van der Waals surface area contributed by atoms with E-state index in [1.165, 1.54) is 6.07 Å². The fourth-order valence-corrected chi connectivity index (χ4v) is 5.57. The number of imidazole rings is 1. The van der Waals surface area contributed by atoms with Gasteiger partial charge in [0.2, 0.25) is 0 Å². The fourth-order valence-electron chi connectivity index (χ4n) is 5.57. The topological polar surface area (TPSA) is 87.5 Å². The predicted molar refractivity (Wildman–Crippen MR) is 146 cm³/mol. The van der Waals surface area contributed by atoms with Crippen molar-refractivity contribution >= 4 is 29.2 Å². The van der Waals surface area contributed by atoms with Gasteiger partial charge in [-0.2, -0.15) is 4.79 Å². The summed E-state index contributed by atoms with van der Waals surface area (Å²) in [6.45, 7) is 8.59. The van der Waals surface area contributed by atoms with Crippen molar-refractivity contribution in [3.8, 4) is 0 Å². The first-order valence-electron chi connectivity index (χ1n) is 13.6. The number of benzene rings is 2. The lowest BCUT2D eigenvalue weighted by atomic mass is 10.0. The monoisotopic (exact) mass is 535 g/mol. The van der Waals surface area contributed by atoms with Crippen LogP contribution in [0.15, 0.2) is 42.5 Å². The van der Waals surface area contributed by atoms with E-state index in [1.54, 1.807) is 21.6 Å². The highest BCUT2D eigenvalue weighted by Gasteiger charge is 2.41. The first-order chi connectivity index (χ1) is 18.6. The number of H-pyrrole nitrogens is 1. The van der Waals surface area contributed by atoms with Crippen molar-refractivity contribution in [1.82, 2.24) is 14.9 Å². The summed E-state index contributed by atoms with van der Waals surface area (Å²) in [4.78, 5) is 36.4. The summed E-state index contributed by atoms with van der Waals surface area (Å²) in [5.74, 6) is -0.225. The third kappa shape index (κ3) is 5.88. The van der Waals surface area contributed by atoms with E-state index >= 15 is 0 Å². The van der Waals surface area contributed by atoms with Gasteiger partial charge in [-0.25, -0.2) is 9.37 Å². The lowest BCUT2D eigenvalue weighted by molar-refractivity contribution is -0.499. The van der Waals surface area contributed by atoms with Crippen molar-refractivity contribution in [2.75, 3.05) is 19.8 Å². The quantitative estimate of drug-likeness (QED) is 0.364. The van der Waals surface area contributed by atoms with Gasteiger partial charge in [0.1, 0.15) is 18.0 Å². The largest absolute Gasteiger partial charge is 0.596 e. The lowest BCUT2D eigenvalue weighted by Gasteiger charge is -2.35. The molecular weight excluding hydrogens is 499 g/mol. The van der Waals surface area contributed by atoms with Gasteiger partial charge in [-0.15, -0.1) is 4.58 Å². The van der Waals surface area contributed by atoms with Gasteiger partial charge >= 0.3 is 6.09 Å². The van der Waals surface area contributed by atoms with Crippen LogP contribution >= 0.6 is 0 Å². The number of aryl methyl sites for hydroxylation is 1. The van der Waals surface area contributed by atoms with Crippen LogP contribution in [0.25, 0.3) is 11.0 Å². The van der Waals surface area contributed by atoms with Crippen molar-refractivity contribution in [2.24, 2.45) is 0 Å². The van der Waals surface area contributed by atoms with Crippen molar-refractivity contribution in [3.63, 3.8) is 0 Å². The summed E-state index contributed by atoms with van der Waals surface area (Å²) in [5.41, 5.74) is 2.84. The molecule has 1 N–H and O–H groups in total. The second-order valence-corrected chi connectivity index (χ2v) is 11.3. The zero-order valence-electron chi connectivity index (χ0n) is 22.9. The number of likely N-dealkylation sites (N-methyl/N-ethyl adjacent to an activating group) is 1. The van der Waals surface area contributed by atoms with Crippen molar-refractivity contribution in [1.29, 1.82) is 0 Å². The summed E-state index contributed by atoms with van der Waals surface area (Å²) in [6.07, 6.45) is 3.50. The summed E-state index contributed by atoms with van der Waals surface area (Å²) >= 11 is 0. The van der Waals surface area contributed by atoms with Gasteiger partial charge < -0.3 is 19.4 Å². The number of hydrogen-bond donors (Lipinski definition) is 1. The van der Waals surface area contributed by atoms with Gasteiger partial charge in [0, 0.05) is 13.0 Å². The number of carbonyl (C=O) groups is 2. The first-order valence-corrected chi connectivity index (χ1v) is 13.6. The molecule has 206 valence electrons. The van der Waals surface area contributed by atoms with Crippen LogP contribution < -0.4 is 0 Å². The van der Waals surface area contributed by atoms with Gasteiger partial charge in [-0.05, 0) is 75.9 Å². The lowest BCUT2D eigenvalue weighted by Crippen LogP contribution is -2.52. The molecule has 3 aromatic rings. The van der Waals surface area contributed by atoms with Crippen LogP contribution in [0.4, 0.5) is 9.18 Å². The average Bonchev–Trinajstić information content (AvgIpc) is 3.50.